The van der Waals surface area contributed by atoms with Gasteiger partial charge in [0.05, 0.1) is 22.8 Å². The van der Waals surface area contributed by atoms with Crippen molar-refractivity contribution in [3.63, 3.8) is 0 Å². The summed E-state index contributed by atoms with van der Waals surface area (Å²) in [4.78, 5) is 12.7. The van der Waals surface area contributed by atoms with Gasteiger partial charge in [0.1, 0.15) is 0 Å². The molecule has 0 saturated carbocycles. The molecule has 0 radical (unpaired) electrons. The van der Waals surface area contributed by atoms with Crippen LogP contribution < -0.4 is 5.32 Å². The summed E-state index contributed by atoms with van der Waals surface area (Å²) >= 11 is 7.42. The molecule has 0 aliphatic carbocycles. The molecule has 0 bridgehead atoms. The smallest absolute Gasteiger partial charge is 0.234 e. The van der Waals surface area contributed by atoms with Gasteiger partial charge in [-0.15, -0.1) is 10.2 Å². The molecule has 0 atom stereocenters. The molecule has 1 amide bonds. The zero-order valence-electron chi connectivity index (χ0n) is 18.3. The molecule has 2 heterocycles. The maximum absolute atomic E-state index is 12.7. The SMILES string of the molecule is Cc1ccc(-c2nnc(SCC(=O)Nc3c(C)nn(C)c3C)n2-c2ccc(Cl)cc2)cc1. The Morgan fingerprint density at radius 1 is 1.03 bits per heavy atom. The van der Waals surface area contributed by atoms with E-state index in [1.165, 1.54) is 17.3 Å². The van der Waals surface area contributed by atoms with Gasteiger partial charge in [0.2, 0.25) is 5.91 Å². The summed E-state index contributed by atoms with van der Waals surface area (Å²) < 4.78 is 3.70. The predicted molar refractivity (Wildman–Crippen MR) is 129 cm³/mol. The number of amides is 1. The van der Waals surface area contributed by atoms with Gasteiger partial charge in [-0.2, -0.15) is 5.10 Å². The highest BCUT2D eigenvalue weighted by Crippen LogP contribution is 2.29. The first-order valence-electron chi connectivity index (χ1n) is 10.0. The van der Waals surface area contributed by atoms with Gasteiger partial charge in [-0.25, -0.2) is 0 Å². The molecule has 4 aromatic rings. The Morgan fingerprint density at radius 2 is 1.72 bits per heavy atom. The lowest BCUT2D eigenvalue weighted by atomic mass is 10.1. The second-order valence-electron chi connectivity index (χ2n) is 7.49. The van der Waals surface area contributed by atoms with Crippen molar-refractivity contribution in [2.75, 3.05) is 11.1 Å². The molecule has 4 rings (SSSR count). The lowest BCUT2D eigenvalue weighted by molar-refractivity contribution is -0.113. The molecule has 32 heavy (non-hydrogen) atoms. The van der Waals surface area contributed by atoms with Gasteiger partial charge >= 0.3 is 0 Å². The standard InChI is InChI=1S/C23H23ClN6OS/c1-14-5-7-17(8-6-14)22-26-27-23(30(22)19-11-9-18(24)10-12-19)32-13-20(31)25-21-15(2)28-29(4)16(21)3/h5-12H,13H2,1-4H3,(H,25,31). The van der Waals surface area contributed by atoms with Crippen molar-refractivity contribution in [2.24, 2.45) is 7.05 Å². The number of hydrogen-bond acceptors (Lipinski definition) is 5. The molecule has 0 saturated heterocycles. The van der Waals surface area contributed by atoms with E-state index in [1.54, 1.807) is 4.68 Å². The molecule has 0 aliphatic rings. The fraction of sp³-hybridized carbons (Fsp3) is 0.217. The van der Waals surface area contributed by atoms with Crippen molar-refractivity contribution in [1.29, 1.82) is 0 Å². The van der Waals surface area contributed by atoms with Crippen LogP contribution in [0.25, 0.3) is 17.1 Å². The van der Waals surface area contributed by atoms with Crippen LogP contribution in [0.3, 0.4) is 0 Å². The number of hydrogen-bond donors (Lipinski definition) is 1. The Kier molecular flexibility index (Phi) is 6.34. The fourth-order valence-corrected chi connectivity index (χ4v) is 4.21. The van der Waals surface area contributed by atoms with E-state index in [2.05, 4.69) is 20.6 Å². The lowest BCUT2D eigenvalue weighted by Crippen LogP contribution is -2.15. The third-order valence-electron chi connectivity index (χ3n) is 5.13. The Labute approximate surface area is 195 Å². The number of nitrogens with one attached hydrogen (secondary N) is 1. The molecular formula is C23H23ClN6OS. The monoisotopic (exact) mass is 466 g/mol. The first-order valence-corrected chi connectivity index (χ1v) is 11.4. The predicted octanol–water partition coefficient (Wildman–Crippen LogP) is 4.98. The largest absolute Gasteiger partial charge is 0.322 e. The van der Waals surface area contributed by atoms with Crippen molar-refractivity contribution in [1.82, 2.24) is 24.5 Å². The van der Waals surface area contributed by atoms with Gasteiger partial charge in [0, 0.05) is 23.3 Å². The van der Waals surface area contributed by atoms with E-state index >= 15 is 0 Å². The van der Waals surface area contributed by atoms with Crippen molar-refractivity contribution in [3.8, 4) is 17.1 Å². The zero-order valence-corrected chi connectivity index (χ0v) is 19.8. The van der Waals surface area contributed by atoms with Crippen molar-refractivity contribution < 1.29 is 4.79 Å². The molecule has 1 N–H and O–H groups in total. The van der Waals surface area contributed by atoms with Crippen LogP contribution in [-0.4, -0.2) is 36.2 Å². The summed E-state index contributed by atoms with van der Waals surface area (Å²) in [5.74, 6) is 0.763. The average molecular weight is 467 g/mol. The molecule has 2 aromatic carbocycles. The topological polar surface area (TPSA) is 77.6 Å². The van der Waals surface area contributed by atoms with Crippen molar-refractivity contribution in [2.45, 2.75) is 25.9 Å². The molecular weight excluding hydrogens is 444 g/mol. The maximum Gasteiger partial charge on any atom is 0.234 e. The summed E-state index contributed by atoms with van der Waals surface area (Å²) in [6.45, 7) is 5.84. The second-order valence-corrected chi connectivity index (χ2v) is 8.87. The number of carbonyl (C=O) groups excluding carboxylic acids is 1. The minimum Gasteiger partial charge on any atom is -0.322 e. The van der Waals surface area contributed by atoms with E-state index < -0.39 is 0 Å². The van der Waals surface area contributed by atoms with Gasteiger partial charge in [-0.05, 0) is 45.0 Å². The number of halogens is 1. The summed E-state index contributed by atoms with van der Waals surface area (Å²) in [5, 5.41) is 17.4. The lowest BCUT2D eigenvalue weighted by Gasteiger charge is -2.11. The molecule has 9 heteroatoms. The highest BCUT2D eigenvalue weighted by molar-refractivity contribution is 7.99. The number of carbonyl (C=O) groups is 1. The zero-order chi connectivity index (χ0) is 22.8. The highest BCUT2D eigenvalue weighted by atomic mass is 35.5. The van der Waals surface area contributed by atoms with Crippen LogP contribution in [0, 0.1) is 20.8 Å². The van der Waals surface area contributed by atoms with Gasteiger partial charge < -0.3 is 5.32 Å². The fourth-order valence-electron chi connectivity index (χ4n) is 3.34. The van der Waals surface area contributed by atoms with E-state index in [0.29, 0.717) is 16.0 Å². The number of nitrogens with zero attached hydrogens (tertiary/aromatic N) is 5. The molecule has 0 unspecified atom stereocenters. The van der Waals surface area contributed by atoms with Crippen LogP contribution in [-0.2, 0) is 11.8 Å². The van der Waals surface area contributed by atoms with E-state index in [9.17, 15) is 4.79 Å². The maximum atomic E-state index is 12.7. The van der Waals surface area contributed by atoms with Crippen molar-refractivity contribution >= 4 is 35.0 Å². The number of aryl methyl sites for hydroxylation is 3. The van der Waals surface area contributed by atoms with Crippen LogP contribution in [0.4, 0.5) is 5.69 Å². The van der Waals surface area contributed by atoms with Crippen LogP contribution in [0.2, 0.25) is 5.02 Å². The highest BCUT2D eigenvalue weighted by Gasteiger charge is 2.18. The molecule has 0 spiro atoms. The van der Waals surface area contributed by atoms with Crippen LogP contribution in [0.5, 0.6) is 0 Å². The van der Waals surface area contributed by atoms with Crippen LogP contribution in [0.1, 0.15) is 17.0 Å². The average Bonchev–Trinajstić information content (AvgIpc) is 3.29. The van der Waals surface area contributed by atoms with E-state index in [1.807, 2.05) is 80.9 Å². The van der Waals surface area contributed by atoms with E-state index in [-0.39, 0.29) is 11.7 Å². The van der Waals surface area contributed by atoms with E-state index in [0.717, 1.165) is 28.3 Å². The number of anilines is 1. The Bertz CT molecular complexity index is 1260. The first-order chi connectivity index (χ1) is 15.3. The second kappa shape index (κ2) is 9.18. The van der Waals surface area contributed by atoms with Gasteiger partial charge in [-0.3, -0.25) is 14.0 Å². The molecule has 0 fully saturated rings. The van der Waals surface area contributed by atoms with Crippen LogP contribution in [0.15, 0.2) is 53.7 Å². The summed E-state index contributed by atoms with van der Waals surface area (Å²) in [5.41, 5.74) is 5.42. The van der Waals surface area contributed by atoms with Crippen molar-refractivity contribution in [3.05, 3.63) is 70.5 Å². The van der Waals surface area contributed by atoms with Gasteiger partial charge in [-0.1, -0.05) is 53.2 Å². The first kappa shape index (κ1) is 22.1. The minimum atomic E-state index is -0.128. The summed E-state index contributed by atoms with van der Waals surface area (Å²) in [7, 11) is 1.86. The third kappa shape index (κ3) is 4.56. The number of benzene rings is 2. The molecule has 0 aliphatic heterocycles. The summed E-state index contributed by atoms with van der Waals surface area (Å²) in [6, 6.07) is 15.6. The Hall–Kier alpha value is -3.10. The minimum absolute atomic E-state index is 0.128. The summed E-state index contributed by atoms with van der Waals surface area (Å²) in [6.07, 6.45) is 0. The number of thioether (sulfide) groups is 1. The van der Waals surface area contributed by atoms with Gasteiger partial charge in [0.15, 0.2) is 11.0 Å². The third-order valence-corrected chi connectivity index (χ3v) is 6.31. The van der Waals surface area contributed by atoms with Gasteiger partial charge in [0.25, 0.3) is 0 Å². The van der Waals surface area contributed by atoms with E-state index in [4.69, 9.17) is 11.6 Å². The Balaban J connectivity index is 1.61. The molecule has 164 valence electrons. The number of aromatic nitrogens is 5. The quantitative estimate of drug-likeness (QED) is 0.405. The van der Waals surface area contributed by atoms with Crippen LogP contribution >= 0.6 is 23.4 Å². The number of rotatable bonds is 6. The normalized spacial score (nSPS) is 11.0. The molecule has 2 aromatic heterocycles. The molecule has 7 nitrogen and oxygen atoms in total. The Morgan fingerprint density at radius 3 is 2.34 bits per heavy atom.